The van der Waals surface area contributed by atoms with Gasteiger partial charge in [0.2, 0.25) is 5.91 Å². The van der Waals surface area contributed by atoms with Crippen molar-refractivity contribution in [2.75, 3.05) is 32.4 Å². The molecular weight excluding hydrogens is 294 g/mol. The highest BCUT2D eigenvalue weighted by Gasteiger charge is 2.28. The summed E-state index contributed by atoms with van der Waals surface area (Å²) in [5, 5.41) is 7.69. The van der Waals surface area contributed by atoms with Crippen molar-refractivity contribution in [1.29, 1.82) is 0 Å². The highest BCUT2D eigenvalue weighted by atomic mass is 32.2. The van der Waals surface area contributed by atoms with Crippen molar-refractivity contribution in [2.45, 2.75) is 69.2 Å². The summed E-state index contributed by atoms with van der Waals surface area (Å²) in [6.07, 6.45) is 11.1. The number of carbonyl (C=O) groups is 1. The molecule has 0 aromatic rings. The van der Waals surface area contributed by atoms with Crippen LogP contribution >= 0.6 is 11.8 Å². The van der Waals surface area contributed by atoms with Gasteiger partial charge >= 0.3 is 0 Å². The van der Waals surface area contributed by atoms with Gasteiger partial charge in [-0.1, -0.05) is 19.8 Å². The Kier molecular flexibility index (Phi) is 8.04. The lowest BCUT2D eigenvalue weighted by Gasteiger charge is -2.38. The first kappa shape index (κ1) is 18.1. The minimum absolute atomic E-state index is 0.183. The molecule has 1 heterocycles. The largest absolute Gasteiger partial charge is 0.355 e. The lowest BCUT2D eigenvalue weighted by atomic mass is 9.93. The van der Waals surface area contributed by atoms with E-state index < -0.39 is 0 Å². The second kappa shape index (κ2) is 9.78. The van der Waals surface area contributed by atoms with E-state index in [1.807, 2.05) is 11.8 Å². The quantitative estimate of drug-likeness (QED) is 0.753. The number of nitrogens with zero attached hydrogens (tertiary/aromatic N) is 1. The SMILES string of the molecule is CCCNC(=O)CN1CCC(N[C@@H]2CCCC[C@@H]2SC)CC1. The van der Waals surface area contributed by atoms with Crippen molar-refractivity contribution in [3.63, 3.8) is 0 Å². The average molecular weight is 328 g/mol. The number of likely N-dealkylation sites (tertiary alicyclic amines) is 1. The van der Waals surface area contributed by atoms with Crippen molar-refractivity contribution < 1.29 is 4.79 Å². The maximum absolute atomic E-state index is 11.8. The number of piperidine rings is 1. The van der Waals surface area contributed by atoms with Crippen LogP contribution in [0.2, 0.25) is 0 Å². The van der Waals surface area contributed by atoms with Gasteiger partial charge in [-0.3, -0.25) is 9.69 Å². The fraction of sp³-hybridized carbons (Fsp3) is 0.941. The molecular formula is C17H33N3OS. The van der Waals surface area contributed by atoms with E-state index in [9.17, 15) is 4.79 Å². The van der Waals surface area contributed by atoms with Crippen molar-refractivity contribution >= 4 is 17.7 Å². The van der Waals surface area contributed by atoms with Crippen molar-refractivity contribution in [3.05, 3.63) is 0 Å². The van der Waals surface area contributed by atoms with E-state index in [-0.39, 0.29) is 5.91 Å². The van der Waals surface area contributed by atoms with E-state index in [0.29, 0.717) is 18.6 Å². The molecule has 0 aromatic carbocycles. The zero-order chi connectivity index (χ0) is 15.8. The van der Waals surface area contributed by atoms with Gasteiger partial charge in [-0.2, -0.15) is 11.8 Å². The Morgan fingerprint density at radius 3 is 2.59 bits per heavy atom. The van der Waals surface area contributed by atoms with Crippen molar-refractivity contribution in [3.8, 4) is 0 Å². The minimum atomic E-state index is 0.183. The Labute approximate surface area is 140 Å². The molecule has 128 valence electrons. The van der Waals surface area contributed by atoms with Gasteiger partial charge in [0.15, 0.2) is 0 Å². The molecule has 1 saturated carbocycles. The third kappa shape index (κ3) is 5.74. The third-order valence-electron chi connectivity index (χ3n) is 4.98. The molecule has 5 heteroatoms. The van der Waals surface area contributed by atoms with Crippen LogP contribution in [-0.4, -0.2) is 60.6 Å². The fourth-order valence-electron chi connectivity index (χ4n) is 3.65. The van der Waals surface area contributed by atoms with Crippen LogP contribution in [0.4, 0.5) is 0 Å². The molecule has 2 fully saturated rings. The van der Waals surface area contributed by atoms with Gasteiger partial charge in [0.25, 0.3) is 0 Å². The zero-order valence-electron chi connectivity index (χ0n) is 14.3. The molecule has 2 atom stereocenters. The molecule has 1 aliphatic heterocycles. The van der Waals surface area contributed by atoms with Crippen LogP contribution in [-0.2, 0) is 4.79 Å². The summed E-state index contributed by atoms with van der Waals surface area (Å²) in [5.74, 6) is 0.183. The topological polar surface area (TPSA) is 44.4 Å². The van der Waals surface area contributed by atoms with Crippen LogP contribution in [0.3, 0.4) is 0 Å². The maximum Gasteiger partial charge on any atom is 0.234 e. The first-order valence-electron chi connectivity index (χ1n) is 9.00. The van der Waals surface area contributed by atoms with Crippen molar-refractivity contribution in [1.82, 2.24) is 15.5 Å². The molecule has 0 unspecified atom stereocenters. The van der Waals surface area contributed by atoms with Crippen LogP contribution in [0.5, 0.6) is 0 Å². The summed E-state index contributed by atoms with van der Waals surface area (Å²) in [6, 6.07) is 1.35. The predicted molar refractivity (Wildman–Crippen MR) is 95.5 cm³/mol. The smallest absolute Gasteiger partial charge is 0.234 e. The summed E-state index contributed by atoms with van der Waals surface area (Å²) in [6.45, 7) is 5.56. The molecule has 2 N–H and O–H groups in total. The van der Waals surface area contributed by atoms with Crippen LogP contribution < -0.4 is 10.6 Å². The monoisotopic (exact) mass is 327 g/mol. The number of nitrogens with one attached hydrogen (secondary N) is 2. The average Bonchev–Trinajstić information content (AvgIpc) is 2.55. The molecule has 1 saturated heterocycles. The molecule has 1 amide bonds. The summed E-state index contributed by atoms with van der Waals surface area (Å²) < 4.78 is 0. The summed E-state index contributed by atoms with van der Waals surface area (Å²) in [4.78, 5) is 14.1. The molecule has 0 aromatic heterocycles. The molecule has 0 spiro atoms. The lowest BCUT2D eigenvalue weighted by Crippen LogP contribution is -2.51. The standard InChI is InChI=1S/C17H33N3OS/c1-3-10-18-17(21)13-20-11-8-14(9-12-20)19-15-6-4-5-7-16(15)22-2/h14-16,19H,3-13H2,1-2H3,(H,18,21)/t15-,16+/m1/s1. The number of amides is 1. The molecule has 4 nitrogen and oxygen atoms in total. The Hall–Kier alpha value is -0.260. The summed E-state index contributed by atoms with van der Waals surface area (Å²) >= 11 is 2.03. The van der Waals surface area contributed by atoms with E-state index in [2.05, 4.69) is 28.7 Å². The maximum atomic E-state index is 11.8. The molecule has 0 bridgehead atoms. The Morgan fingerprint density at radius 2 is 1.91 bits per heavy atom. The second-order valence-electron chi connectivity index (χ2n) is 6.73. The van der Waals surface area contributed by atoms with Gasteiger partial charge in [0.05, 0.1) is 6.54 Å². The minimum Gasteiger partial charge on any atom is -0.355 e. The highest BCUT2D eigenvalue weighted by Crippen LogP contribution is 2.28. The van der Waals surface area contributed by atoms with E-state index in [1.54, 1.807) is 0 Å². The molecule has 0 radical (unpaired) electrons. The summed E-state index contributed by atoms with van der Waals surface area (Å²) in [5.41, 5.74) is 0. The van der Waals surface area contributed by atoms with Crippen LogP contribution in [0.25, 0.3) is 0 Å². The predicted octanol–water partition coefficient (Wildman–Crippen LogP) is 2.24. The van der Waals surface area contributed by atoms with Crippen LogP contribution in [0, 0.1) is 0 Å². The third-order valence-corrected chi connectivity index (χ3v) is 6.15. The molecule has 1 aliphatic carbocycles. The van der Waals surface area contributed by atoms with E-state index in [0.717, 1.165) is 31.3 Å². The first-order valence-corrected chi connectivity index (χ1v) is 10.3. The van der Waals surface area contributed by atoms with Crippen molar-refractivity contribution in [2.24, 2.45) is 0 Å². The number of carbonyl (C=O) groups excluding carboxylic acids is 1. The van der Waals surface area contributed by atoms with Gasteiger partial charge < -0.3 is 10.6 Å². The van der Waals surface area contributed by atoms with E-state index in [1.165, 1.54) is 38.5 Å². The van der Waals surface area contributed by atoms with Gasteiger partial charge in [-0.25, -0.2) is 0 Å². The van der Waals surface area contributed by atoms with Gasteiger partial charge in [-0.15, -0.1) is 0 Å². The Balaban J connectivity index is 1.67. The number of rotatable bonds is 7. The highest BCUT2D eigenvalue weighted by molar-refractivity contribution is 7.99. The van der Waals surface area contributed by atoms with E-state index in [4.69, 9.17) is 0 Å². The Bertz CT molecular complexity index is 332. The number of hydrogen-bond acceptors (Lipinski definition) is 4. The van der Waals surface area contributed by atoms with Crippen LogP contribution in [0.1, 0.15) is 51.9 Å². The molecule has 2 rings (SSSR count). The summed E-state index contributed by atoms with van der Waals surface area (Å²) in [7, 11) is 0. The molecule has 22 heavy (non-hydrogen) atoms. The molecule has 2 aliphatic rings. The number of hydrogen-bond donors (Lipinski definition) is 2. The fourth-order valence-corrected chi connectivity index (χ4v) is 4.60. The first-order chi connectivity index (χ1) is 10.7. The van der Waals surface area contributed by atoms with E-state index >= 15 is 0 Å². The Morgan fingerprint density at radius 1 is 1.18 bits per heavy atom. The van der Waals surface area contributed by atoms with Crippen LogP contribution in [0.15, 0.2) is 0 Å². The lowest BCUT2D eigenvalue weighted by molar-refractivity contribution is -0.122. The normalized spacial score (nSPS) is 27.7. The van der Waals surface area contributed by atoms with Gasteiger partial charge in [0.1, 0.15) is 0 Å². The van der Waals surface area contributed by atoms with Gasteiger partial charge in [-0.05, 0) is 38.4 Å². The second-order valence-corrected chi connectivity index (χ2v) is 7.81. The van der Waals surface area contributed by atoms with Gasteiger partial charge in [0, 0.05) is 37.0 Å². The number of thioether (sulfide) groups is 1. The zero-order valence-corrected chi connectivity index (χ0v) is 15.1.